The van der Waals surface area contributed by atoms with Crippen LogP contribution in [0.1, 0.15) is 13.8 Å². The van der Waals surface area contributed by atoms with Crippen molar-refractivity contribution < 1.29 is 4.79 Å². The maximum Gasteiger partial charge on any atom is 0.339 e. The molecule has 0 aromatic heterocycles. The molecule has 0 aliphatic carbocycles. The minimum absolute atomic E-state index is 0.203. The SMILES string of the molecule is CC(C)=C1NNC(=O)N1. The van der Waals surface area contributed by atoms with Gasteiger partial charge in [-0.05, 0) is 19.4 Å². The summed E-state index contributed by atoms with van der Waals surface area (Å²) < 4.78 is 0. The fourth-order valence-corrected chi connectivity index (χ4v) is 0.545. The van der Waals surface area contributed by atoms with E-state index in [2.05, 4.69) is 16.2 Å². The Morgan fingerprint density at radius 1 is 1.33 bits per heavy atom. The quantitative estimate of drug-likeness (QED) is 0.431. The number of amides is 2. The Balaban J connectivity index is 2.69. The fourth-order valence-electron chi connectivity index (χ4n) is 0.545. The highest BCUT2D eigenvalue weighted by Gasteiger charge is 2.11. The monoisotopic (exact) mass is 127 g/mol. The Bertz CT molecular complexity index is 169. The number of carbonyl (C=O) groups is 1. The first-order valence-corrected chi connectivity index (χ1v) is 2.70. The van der Waals surface area contributed by atoms with E-state index in [9.17, 15) is 4.79 Å². The van der Waals surface area contributed by atoms with Crippen molar-refractivity contribution in [1.82, 2.24) is 16.2 Å². The average molecular weight is 127 g/mol. The van der Waals surface area contributed by atoms with E-state index >= 15 is 0 Å². The van der Waals surface area contributed by atoms with Gasteiger partial charge in [0.2, 0.25) is 0 Å². The minimum atomic E-state index is -0.203. The van der Waals surface area contributed by atoms with Crippen molar-refractivity contribution in [3.63, 3.8) is 0 Å². The molecule has 9 heavy (non-hydrogen) atoms. The molecule has 0 unspecified atom stereocenters. The van der Waals surface area contributed by atoms with Crippen LogP contribution in [0.15, 0.2) is 11.4 Å². The van der Waals surface area contributed by atoms with E-state index < -0.39 is 0 Å². The number of urea groups is 1. The van der Waals surface area contributed by atoms with Crippen molar-refractivity contribution in [3.8, 4) is 0 Å². The van der Waals surface area contributed by atoms with Crippen LogP contribution in [-0.4, -0.2) is 6.03 Å². The van der Waals surface area contributed by atoms with Crippen molar-refractivity contribution in [3.05, 3.63) is 11.4 Å². The minimum Gasteiger partial charge on any atom is -0.291 e. The molecule has 1 aliphatic rings. The van der Waals surface area contributed by atoms with Crippen LogP contribution in [0.4, 0.5) is 4.79 Å². The van der Waals surface area contributed by atoms with Crippen LogP contribution in [0.25, 0.3) is 0 Å². The van der Waals surface area contributed by atoms with Gasteiger partial charge in [-0.25, -0.2) is 4.79 Å². The Labute approximate surface area is 53.3 Å². The second-order valence-electron chi connectivity index (χ2n) is 2.08. The highest BCUT2D eigenvalue weighted by molar-refractivity contribution is 5.78. The zero-order valence-corrected chi connectivity index (χ0v) is 5.41. The molecule has 50 valence electrons. The van der Waals surface area contributed by atoms with Gasteiger partial charge >= 0.3 is 6.03 Å². The number of hydrazine groups is 1. The molecule has 4 nitrogen and oxygen atoms in total. The van der Waals surface area contributed by atoms with Gasteiger partial charge in [0.1, 0.15) is 5.82 Å². The van der Waals surface area contributed by atoms with Crippen LogP contribution in [-0.2, 0) is 0 Å². The van der Waals surface area contributed by atoms with Crippen molar-refractivity contribution in [1.29, 1.82) is 0 Å². The number of allylic oxidation sites excluding steroid dienone is 1. The van der Waals surface area contributed by atoms with E-state index in [0.717, 1.165) is 11.4 Å². The molecular formula is C5H9N3O. The molecule has 0 aromatic carbocycles. The first-order chi connectivity index (χ1) is 4.20. The van der Waals surface area contributed by atoms with Gasteiger partial charge in [-0.15, -0.1) is 0 Å². The maximum absolute atomic E-state index is 10.4. The third-order valence-electron chi connectivity index (χ3n) is 1.04. The first kappa shape index (κ1) is 5.94. The van der Waals surface area contributed by atoms with Gasteiger partial charge in [0.25, 0.3) is 0 Å². The fraction of sp³-hybridized carbons (Fsp3) is 0.400. The molecule has 0 atom stereocenters. The standard InChI is InChI=1S/C5H9N3O/c1-3(2)4-6-5(9)8-7-4/h7H,1-2H3,(H2,6,8,9). The predicted octanol–water partition coefficient (Wildman–Crippen LogP) is 0.0552. The molecule has 1 fully saturated rings. The number of carbonyl (C=O) groups excluding carboxylic acids is 1. The molecule has 0 bridgehead atoms. The third-order valence-corrected chi connectivity index (χ3v) is 1.04. The Hall–Kier alpha value is -1.19. The lowest BCUT2D eigenvalue weighted by Gasteiger charge is -1.96. The van der Waals surface area contributed by atoms with Crippen LogP contribution < -0.4 is 16.2 Å². The smallest absolute Gasteiger partial charge is 0.291 e. The third kappa shape index (κ3) is 1.13. The van der Waals surface area contributed by atoms with E-state index in [1.54, 1.807) is 0 Å². The zero-order chi connectivity index (χ0) is 6.85. The maximum atomic E-state index is 10.4. The Morgan fingerprint density at radius 2 is 2.00 bits per heavy atom. The number of rotatable bonds is 0. The summed E-state index contributed by atoms with van der Waals surface area (Å²) in [6.45, 7) is 3.82. The van der Waals surface area contributed by atoms with E-state index in [1.807, 2.05) is 13.8 Å². The van der Waals surface area contributed by atoms with Crippen molar-refractivity contribution in [2.75, 3.05) is 0 Å². The largest absolute Gasteiger partial charge is 0.339 e. The molecule has 0 saturated carbocycles. The van der Waals surface area contributed by atoms with E-state index in [1.165, 1.54) is 0 Å². The Morgan fingerprint density at radius 3 is 2.22 bits per heavy atom. The summed E-state index contributed by atoms with van der Waals surface area (Å²) in [5.74, 6) is 0.750. The molecular weight excluding hydrogens is 118 g/mol. The van der Waals surface area contributed by atoms with Gasteiger partial charge in [0.05, 0.1) is 0 Å². The van der Waals surface area contributed by atoms with Crippen LogP contribution in [0, 0.1) is 0 Å². The highest BCUT2D eigenvalue weighted by atomic mass is 16.2. The molecule has 0 spiro atoms. The van der Waals surface area contributed by atoms with Crippen molar-refractivity contribution >= 4 is 6.03 Å². The molecule has 1 rings (SSSR count). The lowest BCUT2D eigenvalue weighted by molar-refractivity contribution is 0.247. The van der Waals surface area contributed by atoms with Gasteiger partial charge in [0.15, 0.2) is 0 Å². The molecule has 0 aromatic rings. The Kier molecular flexibility index (Phi) is 1.30. The summed E-state index contributed by atoms with van der Waals surface area (Å²) >= 11 is 0. The van der Waals surface area contributed by atoms with Gasteiger partial charge in [-0.2, -0.15) is 0 Å². The first-order valence-electron chi connectivity index (χ1n) is 2.70. The van der Waals surface area contributed by atoms with E-state index in [0.29, 0.717) is 0 Å². The molecule has 4 heteroatoms. The van der Waals surface area contributed by atoms with Gasteiger partial charge in [-0.1, -0.05) is 0 Å². The van der Waals surface area contributed by atoms with Crippen molar-refractivity contribution in [2.24, 2.45) is 0 Å². The second-order valence-corrected chi connectivity index (χ2v) is 2.08. The summed E-state index contributed by atoms with van der Waals surface area (Å²) in [7, 11) is 0. The van der Waals surface area contributed by atoms with Gasteiger partial charge < -0.3 is 0 Å². The summed E-state index contributed by atoms with van der Waals surface area (Å²) in [5, 5.41) is 2.57. The van der Waals surface area contributed by atoms with Crippen LogP contribution in [0.5, 0.6) is 0 Å². The number of hydrogen-bond acceptors (Lipinski definition) is 2. The van der Waals surface area contributed by atoms with Crippen molar-refractivity contribution in [2.45, 2.75) is 13.8 Å². The molecule has 2 amide bonds. The van der Waals surface area contributed by atoms with Crippen LogP contribution in [0.2, 0.25) is 0 Å². The average Bonchev–Trinajstić information content (AvgIpc) is 2.14. The molecule has 0 radical (unpaired) electrons. The number of nitrogens with one attached hydrogen (secondary N) is 3. The van der Waals surface area contributed by atoms with Gasteiger partial charge in [0, 0.05) is 0 Å². The summed E-state index contributed by atoms with van der Waals surface area (Å²) in [6.07, 6.45) is 0. The lowest BCUT2D eigenvalue weighted by atomic mass is 10.3. The second kappa shape index (κ2) is 1.97. The summed E-state index contributed by atoms with van der Waals surface area (Å²) in [5.41, 5.74) is 6.12. The van der Waals surface area contributed by atoms with Gasteiger partial charge in [-0.3, -0.25) is 16.2 Å². The van der Waals surface area contributed by atoms with E-state index in [-0.39, 0.29) is 6.03 Å². The summed E-state index contributed by atoms with van der Waals surface area (Å²) in [6, 6.07) is -0.203. The highest BCUT2D eigenvalue weighted by Crippen LogP contribution is 1.96. The predicted molar refractivity (Wildman–Crippen MR) is 33.2 cm³/mol. The van der Waals surface area contributed by atoms with Crippen LogP contribution >= 0.6 is 0 Å². The summed E-state index contributed by atoms with van der Waals surface area (Å²) in [4.78, 5) is 10.4. The van der Waals surface area contributed by atoms with E-state index in [4.69, 9.17) is 0 Å². The number of hydrogen-bond donors (Lipinski definition) is 3. The topological polar surface area (TPSA) is 53.2 Å². The zero-order valence-electron chi connectivity index (χ0n) is 5.41. The molecule has 1 heterocycles. The molecule has 1 aliphatic heterocycles. The molecule has 1 saturated heterocycles. The normalized spacial score (nSPS) is 16.2. The molecule has 3 N–H and O–H groups in total. The lowest BCUT2D eigenvalue weighted by Crippen LogP contribution is -2.25. The van der Waals surface area contributed by atoms with Crippen LogP contribution in [0.3, 0.4) is 0 Å².